The molecule has 1 aliphatic rings. The number of aromatic nitrogens is 1. The van der Waals surface area contributed by atoms with Crippen LogP contribution in [0.1, 0.15) is 34.7 Å². The van der Waals surface area contributed by atoms with Gasteiger partial charge in [0.05, 0.1) is 7.11 Å². The Morgan fingerprint density at radius 1 is 1.07 bits per heavy atom. The first-order chi connectivity index (χ1) is 14.3. The first kappa shape index (κ1) is 20.1. The SMILES string of the molecule is COc1ccc2[nH]cc(C3CCN(C(=O)c4ccc(OC(F)(F)F)cc4)CC3)c2c1. The zero-order valence-electron chi connectivity index (χ0n) is 16.3. The minimum Gasteiger partial charge on any atom is -0.497 e. The van der Waals surface area contributed by atoms with E-state index in [9.17, 15) is 18.0 Å². The third kappa shape index (κ3) is 4.22. The van der Waals surface area contributed by atoms with Crippen molar-refractivity contribution in [1.82, 2.24) is 9.88 Å². The number of likely N-dealkylation sites (tertiary alicyclic amines) is 1. The lowest BCUT2D eigenvalue weighted by Crippen LogP contribution is -2.37. The number of rotatable bonds is 4. The number of halogens is 3. The number of nitrogens with zero attached hydrogens (tertiary/aromatic N) is 1. The molecular weight excluding hydrogens is 397 g/mol. The van der Waals surface area contributed by atoms with Crippen molar-refractivity contribution in [3.8, 4) is 11.5 Å². The zero-order chi connectivity index (χ0) is 21.3. The number of piperidine rings is 1. The van der Waals surface area contributed by atoms with Crippen LogP contribution in [0, 0.1) is 0 Å². The Kier molecular flexibility index (Phi) is 5.32. The van der Waals surface area contributed by atoms with Gasteiger partial charge in [-0.1, -0.05) is 0 Å². The predicted molar refractivity (Wildman–Crippen MR) is 106 cm³/mol. The molecule has 1 aromatic heterocycles. The third-order valence-corrected chi connectivity index (χ3v) is 5.48. The second kappa shape index (κ2) is 7.93. The summed E-state index contributed by atoms with van der Waals surface area (Å²) in [6.45, 7) is 1.17. The van der Waals surface area contributed by atoms with Gasteiger partial charge in [-0.25, -0.2) is 0 Å². The highest BCUT2D eigenvalue weighted by Gasteiger charge is 2.31. The van der Waals surface area contributed by atoms with Crippen LogP contribution in [0.25, 0.3) is 10.9 Å². The summed E-state index contributed by atoms with van der Waals surface area (Å²) in [4.78, 5) is 17.8. The Labute approximate surface area is 171 Å². The van der Waals surface area contributed by atoms with E-state index in [2.05, 4.69) is 9.72 Å². The van der Waals surface area contributed by atoms with Gasteiger partial charge < -0.3 is 19.4 Å². The Bertz CT molecular complexity index is 1040. The number of carbonyl (C=O) groups excluding carboxylic acids is 1. The topological polar surface area (TPSA) is 54.6 Å². The molecule has 0 aliphatic carbocycles. The quantitative estimate of drug-likeness (QED) is 0.642. The Morgan fingerprint density at radius 3 is 2.37 bits per heavy atom. The number of benzene rings is 2. The second-order valence-electron chi connectivity index (χ2n) is 7.29. The van der Waals surface area contributed by atoms with E-state index in [1.54, 1.807) is 12.0 Å². The van der Waals surface area contributed by atoms with Gasteiger partial charge in [-0.15, -0.1) is 13.2 Å². The van der Waals surface area contributed by atoms with Crippen molar-refractivity contribution in [3.05, 3.63) is 59.8 Å². The molecule has 158 valence electrons. The van der Waals surface area contributed by atoms with Crippen LogP contribution in [0.15, 0.2) is 48.7 Å². The van der Waals surface area contributed by atoms with Crippen LogP contribution < -0.4 is 9.47 Å². The van der Waals surface area contributed by atoms with Gasteiger partial charge in [-0.05, 0) is 66.8 Å². The average Bonchev–Trinajstić information content (AvgIpc) is 3.16. The normalized spacial score (nSPS) is 15.4. The van der Waals surface area contributed by atoms with Crippen molar-refractivity contribution in [2.24, 2.45) is 0 Å². The monoisotopic (exact) mass is 418 g/mol. The molecule has 0 unspecified atom stereocenters. The molecule has 3 aromatic rings. The van der Waals surface area contributed by atoms with Gasteiger partial charge in [-0.3, -0.25) is 4.79 Å². The maximum atomic E-state index is 12.7. The van der Waals surface area contributed by atoms with Crippen molar-refractivity contribution >= 4 is 16.8 Å². The number of nitrogens with one attached hydrogen (secondary N) is 1. The molecule has 30 heavy (non-hydrogen) atoms. The van der Waals surface area contributed by atoms with E-state index in [0.717, 1.165) is 41.6 Å². The highest BCUT2D eigenvalue weighted by atomic mass is 19.4. The summed E-state index contributed by atoms with van der Waals surface area (Å²) in [6.07, 6.45) is -1.11. The Balaban J connectivity index is 1.41. The number of hydrogen-bond acceptors (Lipinski definition) is 3. The minimum atomic E-state index is -4.75. The van der Waals surface area contributed by atoms with Crippen LogP contribution in [0.4, 0.5) is 13.2 Å². The minimum absolute atomic E-state index is 0.187. The molecule has 0 saturated carbocycles. The summed E-state index contributed by atoms with van der Waals surface area (Å²) in [7, 11) is 1.64. The molecule has 0 radical (unpaired) electrons. The highest BCUT2D eigenvalue weighted by molar-refractivity contribution is 5.94. The first-order valence-corrected chi connectivity index (χ1v) is 9.64. The van der Waals surface area contributed by atoms with Crippen molar-refractivity contribution in [2.75, 3.05) is 20.2 Å². The molecule has 0 bridgehead atoms. The fourth-order valence-corrected chi connectivity index (χ4v) is 3.96. The number of carbonyl (C=O) groups is 1. The first-order valence-electron chi connectivity index (χ1n) is 9.64. The molecule has 1 amide bonds. The molecule has 2 heterocycles. The summed E-state index contributed by atoms with van der Waals surface area (Å²) < 4.78 is 46.0. The van der Waals surface area contributed by atoms with E-state index in [-0.39, 0.29) is 11.7 Å². The summed E-state index contributed by atoms with van der Waals surface area (Å²) in [5, 5.41) is 1.12. The number of fused-ring (bicyclic) bond motifs is 1. The zero-order valence-corrected chi connectivity index (χ0v) is 16.3. The van der Waals surface area contributed by atoms with Crippen molar-refractivity contribution in [3.63, 3.8) is 0 Å². The third-order valence-electron chi connectivity index (χ3n) is 5.48. The second-order valence-corrected chi connectivity index (χ2v) is 7.29. The van der Waals surface area contributed by atoms with Crippen LogP contribution in [0.5, 0.6) is 11.5 Å². The summed E-state index contributed by atoms with van der Waals surface area (Å²) in [6, 6.07) is 11.0. The average molecular weight is 418 g/mol. The maximum absolute atomic E-state index is 12.7. The Hall–Kier alpha value is -3.16. The van der Waals surface area contributed by atoms with Gasteiger partial charge in [0.15, 0.2) is 0 Å². The number of ether oxygens (including phenoxy) is 2. The number of amides is 1. The molecular formula is C22H21F3N2O3. The van der Waals surface area contributed by atoms with E-state index in [4.69, 9.17) is 4.74 Å². The van der Waals surface area contributed by atoms with Gasteiger partial charge in [0.2, 0.25) is 0 Å². The van der Waals surface area contributed by atoms with Gasteiger partial charge in [0.25, 0.3) is 5.91 Å². The molecule has 5 nitrogen and oxygen atoms in total. The van der Waals surface area contributed by atoms with Crippen molar-refractivity contribution in [1.29, 1.82) is 0 Å². The largest absolute Gasteiger partial charge is 0.573 e. The molecule has 1 fully saturated rings. The molecule has 1 saturated heterocycles. The fourth-order valence-electron chi connectivity index (χ4n) is 3.96. The number of hydrogen-bond donors (Lipinski definition) is 1. The van der Waals surface area contributed by atoms with Crippen LogP contribution in [0.3, 0.4) is 0 Å². The highest BCUT2D eigenvalue weighted by Crippen LogP contribution is 2.35. The lowest BCUT2D eigenvalue weighted by molar-refractivity contribution is -0.274. The maximum Gasteiger partial charge on any atom is 0.573 e. The number of aromatic amines is 1. The van der Waals surface area contributed by atoms with E-state index in [0.29, 0.717) is 24.6 Å². The number of H-pyrrole nitrogens is 1. The van der Waals surface area contributed by atoms with E-state index < -0.39 is 6.36 Å². The summed E-state index contributed by atoms with van der Waals surface area (Å²) in [5.74, 6) is 0.589. The lowest BCUT2D eigenvalue weighted by atomic mass is 9.89. The van der Waals surface area contributed by atoms with Crippen molar-refractivity contribution < 1.29 is 27.4 Å². The van der Waals surface area contributed by atoms with Crippen LogP contribution in [-0.2, 0) is 0 Å². The predicted octanol–water partition coefficient (Wildman–Crippen LogP) is 5.09. The molecule has 2 aromatic carbocycles. The van der Waals surface area contributed by atoms with Crippen molar-refractivity contribution in [2.45, 2.75) is 25.1 Å². The van der Waals surface area contributed by atoms with E-state index in [1.807, 2.05) is 24.4 Å². The Morgan fingerprint density at radius 2 is 1.73 bits per heavy atom. The van der Waals surface area contributed by atoms with Crippen LogP contribution in [0.2, 0.25) is 0 Å². The number of methoxy groups -OCH3 is 1. The molecule has 8 heteroatoms. The standard InChI is InChI=1S/C22H21F3N2O3/c1-29-17-6-7-20-18(12-17)19(13-26-20)14-8-10-27(11-9-14)21(28)15-2-4-16(5-3-15)30-22(23,24)25/h2-7,12-14,26H,8-11H2,1H3. The van der Waals surface area contributed by atoms with Gasteiger partial charge >= 0.3 is 6.36 Å². The lowest BCUT2D eigenvalue weighted by Gasteiger charge is -2.32. The van der Waals surface area contributed by atoms with Crippen LogP contribution >= 0.6 is 0 Å². The van der Waals surface area contributed by atoms with Crippen LogP contribution in [-0.4, -0.2) is 42.4 Å². The van der Waals surface area contributed by atoms with E-state index >= 15 is 0 Å². The molecule has 4 rings (SSSR count). The molecule has 0 atom stereocenters. The van der Waals surface area contributed by atoms with Gasteiger partial charge in [0.1, 0.15) is 11.5 Å². The molecule has 1 aliphatic heterocycles. The fraction of sp³-hybridized carbons (Fsp3) is 0.318. The van der Waals surface area contributed by atoms with E-state index in [1.165, 1.54) is 17.7 Å². The summed E-state index contributed by atoms with van der Waals surface area (Å²) >= 11 is 0. The number of alkyl halides is 3. The summed E-state index contributed by atoms with van der Waals surface area (Å²) in [5.41, 5.74) is 2.61. The van der Waals surface area contributed by atoms with Gasteiger partial charge in [-0.2, -0.15) is 0 Å². The molecule has 1 N–H and O–H groups in total. The van der Waals surface area contributed by atoms with Gasteiger partial charge in [0, 0.05) is 35.8 Å². The molecule has 0 spiro atoms. The smallest absolute Gasteiger partial charge is 0.497 e.